The third-order valence-electron chi connectivity index (χ3n) is 1.49. The van der Waals surface area contributed by atoms with Gasteiger partial charge in [0, 0.05) is 13.1 Å². The fourth-order valence-electron chi connectivity index (χ4n) is 0.874. The van der Waals surface area contributed by atoms with Gasteiger partial charge in [0.25, 0.3) is 0 Å². The van der Waals surface area contributed by atoms with Crippen LogP contribution >= 0.6 is 24.0 Å². The van der Waals surface area contributed by atoms with Gasteiger partial charge in [-0.3, -0.25) is 4.79 Å². The van der Waals surface area contributed by atoms with Crippen LogP contribution in [0, 0.1) is 0 Å². The molecule has 5 heteroatoms. The molecule has 3 nitrogen and oxygen atoms in total. The maximum atomic E-state index is 11.1. The molecule has 0 aromatic rings. The van der Waals surface area contributed by atoms with Crippen molar-refractivity contribution < 1.29 is 9.53 Å². The zero-order chi connectivity index (χ0) is 12.4. The van der Waals surface area contributed by atoms with E-state index < -0.39 is 0 Å². The third kappa shape index (κ3) is 6.42. The molecule has 0 bridgehead atoms. The van der Waals surface area contributed by atoms with Crippen LogP contribution in [-0.4, -0.2) is 34.0 Å². The number of thioether (sulfide) groups is 1. The van der Waals surface area contributed by atoms with E-state index in [1.807, 2.05) is 4.90 Å². The van der Waals surface area contributed by atoms with Crippen molar-refractivity contribution in [3.05, 3.63) is 38.2 Å². The third-order valence-corrected chi connectivity index (χ3v) is 2.98. The minimum atomic E-state index is -0.362. The predicted molar refractivity (Wildman–Crippen MR) is 73.3 cm³/mol. The van der Waals surface area contributed by atoms with E-state index in [1.54, 1.807) is 12.2 Å². The molecular weight excluding hydrogens is 242 g/mol. The molecule has 0 saturated carbocycles. The number of hydrogen-bond donors (Lipinski definition) is 0. The van der Waals surface area contributed by atoms with Crippen LogP contribution in [0.4, 0.5) is 0 Å². The SMILES string of the molecule is C=CCN(CC=C)C(=S)SCC(=O)OC=C. The van der Waals surface area contributed by atoms with Crippen molar-refractivity contribution in [2.45, 2.75) is 0 Å². The van der Waals surface area contributed by atoms with Gasteiger partial charge in [-0.2, -0.15) is 0 Å². The molecule has 0 N–H and O–H groups in total. The normalized spacial score (nSPS) is 9.00. The Morgan fingerprint density at radius 1 is 1.31 bits per heavy atom. The van der Waals surface area contributed by atoms with Crippen molar-refractivity contribution in [2.24, 2.45) is 0 Å². The first kappa shape index (κ1) is 14.9. The van der Waals surface area contributed by atoms with E-state index in [0.717, 1.165) is 6.26 Å². The monoisotopic (exact) mass is 257 g/mol. The van der Waals surface area contributed by atoms with Gasteiger partial charge in [-0.15, -0.1) is 13.2 Å². The summed E-state index contributed by atoms with van der Waals surface area (Å²) in [6.45, 7) is 11.8. The van der Waals surface area contributed by atoms with Crippen molar-refractivity contribution in [3.8, 4) is 0 Å². The summed E-state index contributed by atoms with van der Waals surface area (Å²) < 4.78 is 5.20. The molecule has 0 amide bonds. The first-order valence-corrected chi connectivity index (χ1v) is 5.99. The molecule has 0 spiro atoms. The highest BCUT2D eigenvalue weighted by molar-refractivity contribution is 8.23. The summed E-state index contributed by atoms with van der Waals surface area (Å²) in [5.41, 5.74) is 0. The molecule has 0 unspecified atom stereocenters. The second-order valence-corrected chi connectivity index (χ2v) is 4.30. The average molecular weight is 257 g/mol. The van der Waals surface area contributed by atoms with Gasteiger partial charge >= 0.3 is 5.97 Å². The van der Waals surface area contributed by atoms with Gasteiger partial charge in [0.15, 0.2) is 0 Å². The fourth-order valence-corrected chi connectivity index (χ4v) is 1.84. The van der Waals surface area contributed by atoms with Gasteiger partial charge in [0.1, 0.15) is 4.32 Å². The van der Waals surface area contributed by atoms with Gasteiger partial charge in [0.05, 0.1) is 12.0 Å². The lowest BCUT2D eigenvalue weighted by Crippen LogP contribution is -2.28. The molecule has 0 rings (SSSR count). The molecule has 0 heterocycles. The molecule has 0 atom stereocenters. The average Bonchev–Trinajstić information content (AvgIpc) is 2.26. The van der Waals surface area contributed by atoms with Crippen LogP contribution < -0.4 is 0 Å². The van der Waals surface area contributed by atoms with Crippen LogP contribution in [0.5, 0.6) is 0 Å². The van der Waals surface area contributed by atoms with Crippen LogP contribution in [0.3, 0.4) is 0 Å². The minimum absolute atomic E-state index is 0.176. The van der Waals surface area contributed by atoms with E-state index in [1.165, 1.54) is 11.8 Å². The van der Waals surface area contributed by atoms with Gasteiger partial charge in [0.2, 0.25) is 0 Å². The van der Waals surface area contributed by atoms with Gasteiger partial charge < -0.3 is 9.64 Å². The fraction of sp³-hybridized carbons (Fsp3) is 0.273. The zero-order valence-corrected chi connectivity index (χ0v) is 10.7. The van der Waals surface area contributed by atoms with E-state index >= 15 is 0 Å². The van der Waals surface area contributed by atoms with Crippen LogP contribution in [0.25, 0.3) is 0 Å². The van der Waals surface area contributed by atoms with Crippen molar-refractivity contribution >= 4 is 34.3 Å². The summed E-state index contributed by atoms with van der Waals surface area (Å²) in [4.78, 5) is 12.9. The predicted octanol–water partition coefficient (Wildman–Crippen LogP) is 2.37. The Morgan fingerprint density at radius 3 is 2.31 bits per heavy atom. The van der Waals surface area contributed by atoms with E-state index in [2.05, 4.69) is 24.5 Å². The second-order valence-electron chi connectivity index (χ2n) is 2.69. The van der Waals surface area contributed by atoms with Crippen molar-refractivity contribution in [3.63, 3.8) is 0 Å². The standard InChI is InChI=1S/C11H15NO2S2/c1-4-7-12(8-5-2)11(15)16-9-10(13)14-6-3/h4-6H,1-3,7-9H2. The lowest BCUT2D eigenvalue weighted by molar-refractivity contribution is -0.134. The first-order chi connectivity index (χ1) is 7.65. The Kier molecular flexibility index (Phi) is 8.56. The Bertz CT molecular complexity index is 280. The highest BCUT2D eigenvalue weighted by Crippen LogP contribution is 2.10. The number of carbonyl (C=O) groups excluding carboxylic acids is 1. The van der Waals surface area contributed by atoms with Crippen molar-refractivity contribution in [1.29, 1.82) is 0 Å². The Morgan fingerprint density at radius 2 is 1.88 bits per heavy atom. The Hall–Kier alpha value is -1.07. The Balaban J connectivity index is 4.08. The van der Waals surface area contributed by atoms with Crippen LogP contribution in [-0.2, 0) is 9.53 Å². The molecular formula is C11H15NO2S2. The maximum Gasteiger partial charge on any atom is 0.321 e. The summed E-state index contributed by atoms with van der Waals surface area (Å²) in [6, 6.07) is 0. The molecule has 0 aromatic heterocycles. The number of nitrogens with zero attached hydrogens (tertiary/aromatic N) is 1. The van der Waals surface area contributed by atoms with Gasteiger partial charge in [-0.05, 0) is 0 Å². The minimum Gasteiger partial charge on any atom is -0.435 e. The maximum absolute atomic E-state index is 11.1. The van der Waals surface area contributed by atoms with E-state index in [-0.39, 0.29) is 11.7 Å². The number of esters is 1. The summed E-state index contributed by atoms with van der Waals surface area (Å²) in [7, 11) is 0. The molecule has 0 aliphatic heterocycles. The topological polar surface area (TPSA) is 29.5 Å². The van der Waals surface area contributed by atoms with Crippen molar-refractivity contribution in [2.75, 3.05) is 18.8 Å². The van der Waals surface area contributed by atoms with Gasteiger partial charge in [-0.25, -0.2) is 0 Å². The number of thiocarbonyl (C=S) groups is 1. The first-order valence-electron chi connectivity index (χ1n) is 4.59. The molecule has 88 valence electrons. The molecule has 0 fully saturated rings. The van der Waals surface area contributed by atoms with Crippen LogP contribution in [0.15, 0.2) is 38.2 Å². The molecule has 0 radical (unpaired) electrons. The summed E-state index contributed by atoms with van der Waals surface area (Å²) in [5, 5.41) is 0. The summed E-state index contributed by atoms with van der Waals surface area (Å²) >= 11 is 6.42. The van der Waals surface area contributed by atoms with E-state index in [9.17, 15) is 4.79 Å². The van der Waals surface area contributed by atoms with E-state index in [0.29, 0.717) is 17.4 Å². The quantitative estimate of drug-likeness (QED) is 0.302. The molecule has 0 aromatic carbocycles. The summed E-state index contributed by atoms with van der Waals surface area (Å²) in [6.07, 6.45) is 4.61. The highest BCUT2D eigenvalue weighted by atomic mass is 32.2. The van der Waals surface area contributed by atoms with Crippen molar-refractivity contribution in [1.82, 2.24) is 4.90 Å². The second kappa shape index (κ2) is 9.18. The largest absolute Gasteiger partial charge is 0.435 e. The number of rotatable bonds is 7. The van der Waals surface area contributed by atoms with E-state index in [4.69, 9.17) is 12.2 Å². The zero-order valence-electron chi connectivity index (χ0n) is 9.05. The smallest absolute Gasteiger partial charge is 0.321 e. The molecule has 16 heavy (non-hydrogen) atoms. The van der Waals surface area contributed by atoms with Gasteiger partial charge in [-0.1, -0.05) is 42.7 Å². The molecule has 0 aliphatic rings. The number of hydrogen-bond acceptors (Lipinski definition) is 4. The number of ether oxygens (including phenoxy) is 1. The Labute approximate surface area is 106 Å². The highest BCUT2D eigenvalue weighted by Gasteiger charge is 2.10. The number of carbonyl (C=O) groups is 1. The lowest BCUT2D eigenvalue weighted by atomic mass is 10.5. The lowest BCUT2D eigenvalue weighted by Gasteiger charge is -2.20. The molecule has 0 aliphatic carbocycles. The summed E-state index contributed by atoms with van der Waals surface area (Å²) in [5.74, 6) is -0.185. The molecule has 0 saturated heterocycles. The van der Waals surface area contributed by atoms with Crippen LogP contribution in [0.1, 0.15) is 0 Å². The van der Waals surface area contributed by atoms with Crippen LogP contribution in [0.2, 0.25) is 0 Å².